The Bertz CT molecular complexity index is 616. The SMILES string of the molecule is Cc1ccccc1OCCNC(=O)C(C)SCc1ccccc1. The monoisotopic (exact) mass is 329 g/mol. The molecule has 0 radical (unpaired) electrons. The fourth-order valence-corrected chi connectivity index (χ4v) is 2.94. The first kappa shape index (κ1) is 17.4. The number of benzene rings is 2. The van der Waals surface area contributed by atoms with Gasteiger partial charge in [-0.25, -0.2) is 0 Å². The van der Waals surface area contributed by atoms with Crippen molar-refractivity contribution in [3.8, 4) is 5.75 Å². The van der Waals surface area contributed by atoms with Crippen LogP contribution in [-0.4, -0.2) is 24.3 Å². The Morgan fingerprint density at radius 1 is 1.13 bits per heavy atom. The zero-order valence-corrected chi connectivity index (χ0v) is 14.4. The summed E-state index contributed by atoms with van der Waals surface area (Å²) in [5.41, 5.74) is 2.34. The lowest BCUT2D eigenvalue weighted by Crippen LogP contribution is -2.34. The highest BCUT2D eigenvalue weighted by atomic mass is 32.2. The molecule has 122 valence electrons. The highest BCUT2D eigenvalue weighted by Crippen LogP contribution is 2.18. The van der Waals surface area contributed by atoms with Crippen molar-refractivity contribution in [3.05, 3.63) is 65.7 Å². The van der Waals surface area contributed by atoms with Crippen LogP contribution < -0.4 is 10.1 Å². The molecule has 0 heterocycles. The van der Waals surface area contributed by atoms with Crippen LogP contribution in [0.3, 0.4) is 0 Å². The summed E-state index contributed by atoms with van der Waals surface area (Å²) in [7, 11) is 0. The number of hydrogen-bond acceptors (Lipinski definition) is 3. The summed E-state index contributed by atoms with van der Waals surface area (Å²) in [6.07, 6.45) is 0. The molecule has 2 aromatic rings. The Hall–Kier alpha value is -1.94. The van der Waals surface area contributed by atoms with Crippen LogP contribution in [0.2, 0.25) is 0 Å². The average Bonchev–Trinajstić information content (AvgIpc) is 2.58. The molecule has 1 atom stereocenters. The molecule has 0 aliphatic heterocycles. The second kappa shape index (κ2) is 9.26. The van der Waals surface area contributed by atoms with E-state index in [2.05, 4.69) is 17.4 Å². The van der Waals surface area contributed by atoms with E-state index in [9.17, 15) is 4.79 Å². The van der Waals surface area contributed by atoms with Crippen LogP contribution in [0.4, 0.5) is 0 Å². The van der Waals surface area contributed by atoms with Crippen LogP contribution in [0.5, 0.6) is 5.75 Å². The lowest BCUT2D eigenvalue weighted by atomic mass is 10.2. The molecule has 0 spiro atoms. The van der Waals surface area contributed by atoms with Crippen LogP contribution in [0, 0.1) is 6.92 Å². The minimum absolute atomic E-state index is 0.0549. The van der Waals surface area contributed by atoms with Gasteiger partial charge in [0.2, 0.25) is 5.91 Å². The van der Waals surface area contributed by atoms with E-state index in [1.807, 2.05) is 56.3 Å². The van der Waals surface area contributed by atoms with Gasteiger partial charge in [0.05, 0.1) is 11.8 Å². The third kappa shape index (κ3) is 5.99. The molecule has 0 bridgehead atoms. The van der Waals surface area contributed by atoms with Crippen LogP contribution in [-0.2, 0) is 10.5 Å². The van der Waals surface area contributed by atoms with Crippen molar-refractivity contribution in [3.63, 3.8) is 0 Å². The fraction of sp³-hybridized carbons (Fsp3) is 0.316. The molecule has 4 heteroatoms. The second-order valence-electron chi connectivity index (χ2n) is 5.34. The predicted molar refractivity (Wildman–Crippen MR) is 96.9 cm³/mol. The molecule has 2 rings (SSSR count). The van der Waals surface area contributed by atoms with Crippen molar-refractivity contribution in [2.75, 3.05) is 13.2 Å². The largest absolute Gasteiger partial charge is 0.491 e. The maximum absolute atomic E-state index is 12.1. The number of ether oxygens (including phenoxy) is 1. The summed E-state index contributed by atoms with van der Waals surface area (Å²) in [5, 5.41) is 2.85. The Kier molecular flexibility index (Phi) is 7.01. The van der Waals surface area contributed by atoms with E-state index >= 15 is 0 Å². The van der Waals surface area contributed by atoms with Crippen LogP contribution in [0.1, 0.15) is 18.1 Å². The molecular weight excluding hydrogens is 306 g/mol. The van der Waals surface area contributed by atoms with Crippen molar-refractivity contribution < 1.29 is 9.53 Å². The summed E-state index contributed by atoms with van der Waals surface area (Å²) in [6, 6.07) is 18.1. The molecule has 23 heavy (non-hydrogen) atoms. The number of thioether (sulfide) groups is 1. The Morgan fingerprint density at radius 2 is 1.83 bits per heavy atom. The lowest BCUT2D eigenvalue weighted by Gasteiger charge is -2.13. The van der Waals surface area contributed by atoms with Gasteiger partial charge in [-0.3, -0.25) is 4.79 Å². The number of hydrogen-bond donors (Lipinski definition) is 1. The number of aryl methyl sites for hydroxylation is 1. The first-order chi connectivity index (χ1) is 11.2. The summed E-state index contributed by atoms with van der Waals surface area (Å²) >= 11 is 1.64. The molecule has 0 aliphatic carbocycles. The zero-order valence-electron chi connectivity index (χ0n) is 13.6. The number of carbonyl (C=O) groups excluding carboxylic acids is 1. The van der Waals surface area contributed by atoms with Gasteiger partial charge in [-0.05, 0) is 31.0 Å². The summed E-state index contributed by atoms with van der Waals surface area (Å²) < 4.78 is 5.67. The van der Waals surface area contributed by atoms with E-state index in [1.54, 1.807) is 11.8 Å². The van der Waals surface area contributed by atoms with Crippen LogP contribution >= 0.6 is 11.8 Å². The summed E-state index contributed by atoms with van der Waals surface area (Å²) in [5.74, 6) is 1.77. The van der Waals surface area contributed by atoms with Crippen molar-refractivity contribution in [1.82, 2.24) is 5.32 Å². The topological polar surface area (TPSA) is 38.3 Å². The van der Waals surface area contributed by atoms with Gasteiger partial charge in [0.15, 0.2) is 0 Å². The maximum atomic E-state index is 12.1. The normalized spacial score (nSPS) is 11.7. The van der Waals surface area contributed by atoms with E-state index in [-0.39, 0.29) is 11.2 Å². The molecule has 0 aliphatic rings. The fourth-order valence-electron chi connectivity index (χ4n) is 2.07. The number of rotatable bonds is 8. The number of para-hydroxylation sites is 1. The maximum Gasteiger partial charge on any atom is 0.232 e. The molecule has 3 nitrogen and oxygen atoms in total. The second-order valence-corrected chi connectivity index (χ2v) is 6.67. The number of amides is 1. The molecule has 0 saturated heterocycles. The van der Waals surface area contributed by atoms with E-state index < -0.39 is 0 Å². The van der Waals surface area contributed by atoms with Gasteiger partial charge in [-0.2, -0.15) is 0 Å². The van der Waals surface area contributed by atoms with E-state index in [1.165, 1.54) is 5.56 Å². The van der Waals surface area contributed by atoms with Gasteiger partial charge in [0, 0.05) is 5.75 Å². The van der Waals surface area contributed by atoms with Gasteiger partial charge in [0.1, 0.15) is 12.4 Å². The lowest BCUT2D eigenvalue weighted by molar-refractivity contribution is -0.120. The standard InChI is InChI=1S/C19H23NO2S/c1-15-8-6-7-11-18(15)22-13-12-20-19(21)16(2)23-14-17-9-4-3-5-10-17/h3-11,16H,12-14H2,1-2H3,(H,20,21). The molecule has 1 N–H and O–H groups in total. The molecule has 2 aromatic carbocycles. The van der Waals surface area contributed by atoms with Crippen molar-refractivity contribution >= 4 is 17.7 Å². The highest BCUT2D eigenvalue weighted by Gasteiger charge is 2.12. The average molecular weight is 329 g/mol. The molecule has 0 saturated carbocycles. The van der Waals surface area contributed by atoms with E-state index in [0.29, 0.717) is 13.2 Å². The van der Waals surface area contributed by atoms with E-state index in [4.69, 9.17) is 4.74 Å². The van der Waals surface area contributed by atoms with Gasteiger partial charge < -0.3 is 10.1 Å². The number of nitrogens with one attached hydrogen (secondary N) is 1. The Balaban J connectivity index is 1.65. The van der Waals surface area contributed by atoms with E-state index in [0.717, 1.165) is 17.1 Å². The first-order valence-electron chi connectivity index (χ1n) is 7.78. The smallest absolute Gasteiger partial charge is 0.232 e. The predicted octanol–water partition coefficient (Wildman–Crippen LogP) is 3.81. The van der Waals surface area contributed by atoms with Gasteiger partial charge in [-0.1, -0.05) is 48.5 Å². The molecule has 1 amide bonds. The quantitative estimate of drug-likeness (QED) is 0.748. The first-order valence-corrected chi connectivity index (χ1v) is 8.83. The Labute approximate surface area is 142 Å². The van der Waals surface area contributed by atoms with Gasteiger partial charge in [-0.15, -0.1) is 11.8 Å². The summed E-state index contributed by atoms with van der Waals surface area (Å²) in [6.45, 7) is 4.94. The van der Waals surface area contributed by atoms with Crippen molar-refractivity contribution in [2.24, 2.45) is 0 Å². The minimum Gasteiger partial charge on any atom is -0.491 e. The molecular formula is C19H23NO2S. The molecule has 0 aromatic heterocycles. The molecule has 1 unspecified atom stereocenters. The number of carbonyl (C=O) groups is 1. The minimum atomic E-state index is -0.0753. The van der Waals surface area contributed by atoms with Crippen molar-refractivity contribution in [1.29, 1.82) is 0 Å². The highest BCUT2D eigenvalue weighted by molar-refractivity contribution is 7.99. The third-order valence-corrected chi connectivity index (χ3v) is 4.68. The molecule has 0 fully saturated rings. The Morgan fingerprint density at radius 3 is 2.57 bits per heavy atom. The third-order valence-electron chi connectivity index (χ3n) is 3.46. The van der Waals surface area contributed by atoms with Crippen LogP contribution in [0.15, 0.2) is 54.6 Å². The van der Waals surface area contributed by atoms with Crippen molar-refractivity contribution in [2.45, 2.75) is 24.9 Å². The zero-order chi connectivity index (χ0) is 16.5. The van der Waals surface area contributed by atoms with Gasteiger partial charge >= 0.3 is 0 Å². The summed E-state index contributed by atoms with van der Waals surface area (Å²) in [4.78, 5) is 12.1. The van der Waals surface area contributed by atoms with Gasteiger partial charge in [0.25, 0.3) is 0 Å². The van der Waals surface area contributed by atoms with Crippen LogP contribution in [0.25, 0.3) is 0 Å².